The van der Waals surface area contributed by atoms with Crippen LogP contribution in [0.25, 0.3) is 65.3 Å². The van der Waals surface area contributed by atoms with E-state index in [2.05, 4.69) is 341 Å². The Morgan fingerprint density at radius 1 is 0.209 bits per heavy atom. The summed E-state index contributed by atoms with van der Waals surface area (Å²) >= 11 is 0. The van der Waals surface area contributed by atoms with E-state index in [9.17, 15) is 0 Å². The average Bonchev–Trinajstić information content (AvgIpc) is 3.76. The van der Waals surface area contributed by atoms with Crippen molar-refractivity contribution in [1.82, 2.24) is 0 Å². The fraction of sp³-hybridized carbons (Fsp3) is 0.0952. The van der Waals surface area contributed by atoms with Gasteiger partial charge in [0.2, 0.25) is 0 Å². The van der Waals surface area contributed by atoms with Crippen LogP contribution >= 0.6 is 0 Å². The lowest BCUT2D eigenvalue weighted by Crippen LogP contribution is -2.10. The minimum atomic E-state index is 1.02. The van der Waals surface area contributed by atoms with Crippen molar-refractivity contribution in [3.8, 4) is 22.3 Å². The zero-order valence-corrected chi connectivity index (χ0v) is 49.6. The minimum absolute atomic E-state index is 1.02. The third-order valence-corrected chi connectivity index (χ3v) is 17.0. The van der Waals surface area contributed by atoms with Crippen LogP contribution in [0, 0.1) is 27.7 Å². The molecule has 14 aromatic carbocycles. The Bertz CT molecular complexity index is 4170. The van der Waals surface area contributed by atoms with E-state index in [4.69, 9.17) is 0 Å². The van der Waals surface area contributed by atoms with Gasteiger partial charge in [0.15, 0.2) is 0 Å². The summed E-state index contributed by atoms with van der Waals surface area (Å²) in [6.07, 6.45) is 4.09. The van der Waals surface area contributed by atoms with Gasteiger partial charge in [-0.25, -0.2) is 0 Å². The normalized spacial score (nSPS) is 11.2. The Kier molecular flexibility index (Phi) is 15.9. The van der Waals surface area contributed by atoms with Crippen molar-refractivity contribution in [1.29, 1.82) is 0 Å². The van der Waals surface area contributed by atoms with Gasteiger partial charge in [0.25, 0.3) is 0 Å². The average molecular weight is 1110 g/mol. The summed E-state index contributed by atoms with van der Waals surface area (Å²) in [7, 11) is 0. The summed E-state index contributed by atoms with van der Waals surface area (Å²) in [4.78, 5) is 4.67. The molecule has 0 fully saturated rings. The first-order valence-electron chi connectivity index (χ1n) is 30.3. The second-order valence-electron chi connectivity index (χ2n) is 23.1. The van der Waals surface area contributed by atoms with Crippen molar-refractivity contribution < 1.29 is 0 Å². The van der Waals surface area contributed by atoms with Crippen molar-refractivity contribution in [3.63, 3.8) is 0 Å². The summed E-state index contributed by atoms with van der Waals surface area (Å²) in [6.45, 7) is 8.54. The molecular weight excluding hydrogens is 1040 g/mol. The van der Waals surface area contributed by atoms with Crippen LogP contribution in [0.4, 0.5) is 34.1 Å². The smallest absolute Gasteiger partial charge is 0.0461 e. The van der Waals surface area contributed by atoms with Gasteiger partial charge in [-0.3, -0.25) is 0 Å². The van der Waals surface area contributed by atoms with E-state index in [0.717, 1.165) is 25.7 Å². The van der Waals surface area contributed by atoms with Crippen molar-refractivity contribution in [2.75, 3.05) is 9.80 Å². The van der Waals surface area contributed by atoms with E-state index in [1.54, 1.807) is 0 Å². The second-order valence-corrected chi connectivity index (χ2v) is 23.1. The number of hydrogen-bond acceptors (Lipinski definition) is 2. The highest BCUT2D eigenvalue weighted by molar-refractivity contribution is 6.22. The lowest BCUT2D eigenvalue weighted by Gasteiger charge is -2.26. The summed E-state index contributed by atoms with van der Waals surface area (Å²) in [5.41, 5.74) is 22.7. The lowest BCUT2D eigenvalue weighted by atomic mass is 9.85. The van der Waals surface area contributed by atoms with E-state index in [1.165, 1.54) is 144 Å². The second kappa shape index (κ2) is 24.9. The molecule has 0 heterocycles. The summed E-state index contributed by atoms with van der Waals surface area (Å²) < 4.78 is 0. The summed E-state index contributed by atoms with van der Waals surface area (Å²) in [5, 5.41) is 10.2. The van der Waals surface area contributed by atoms with Crippen molar-refractivity contribution in [2.45, 2.75) is 53.4 Å². The van der Waals surface area contributed by atoms with Crippen LogP contribution in [0.5, 0.6) is 0 Å². The third-order valence-electron chi connectivity index (χ3n) is 17.0. The van der Waals surface area contributed by atoms with Gasteiger partial charge in [-0.15, -0.1) is 0 Å². The number of nitrogens with zero attached hydrogens (tertiary/aromatic N) is 2. The van der Waals surface area contributed by atoms with Crippen molar-refractivity contribution in [3.05, 3.63) is 348 Å². The Morgan fingerprint density at radius 3 is 0.698 bits per heavy atom. The first-order valence-corrected chi connectivity index (χ1v) is 30.3. The first kappa shape index (κ1) is 54.9. The van der Waals surface area contributed by atoms with Gasteiger partial charge in [0.1, 0.15) is 0 Å². The standard InChI is InChI=1S/C50H48N2.C34H22/c1-37-5-25-45(26-6-37)51(46-27-7-38(2)8-28-46)49-33-21-43(22-34-49)19-17-41-13-15-42(16-14-41)18-20-44-23-35-50(36-24-44)52(47-29-9-39(3)10-30-47)48-31-11-40(4)12-32-48;1-3-11-25-21-27(19-17-23(25)9-1)33-29-13-5-7-15-31(29)34(32-16-8-6-14-30(32)33)28-20-18-24-10-2-4-12-26(24)22-28/h5-16,21-36H,17-20H2,1-4H3;1-22H. The third kappa shape index (κ3) is 12.1. The van der Waals surface area contributed by atoms with Gasteiger partial charge in [0, 0.05) is 34.1 Å². The van der Waals surface area contributed by atoms with E-state index in [-0.39, 0.29) is 0 Å². The highest BCUT2D eigenvalue weighted by atomic mass is 15.1. The molecule has 0 aromatic heterocycles. The molecule has 0 spiro atoms. The molecule has 416 valence electrons. The summed E-state index contributed by atoms with van der Waals surface area (Å²) in [5.74, 6) is 0. The number of hydrogen-bond donors (Lipinski definition) is 0. The highest BCUT2D eigenvalue weighted by Gasteiger charge is 2.18. The Labute approximate surface area is 507 Å². The van der Waals surface area contributed by atoms with E-state index < -0.39 is 0 Å². The van der Waals surface area contributed by atoms with Gasteiger partial charge < -0.3 is 9.80 Å². The molecular formula is C84H70N2. The van der Waals surface area contributed by atoms with Gasteiger partial charge >= 0.3 is 0 Å². The number of aryl methyl sites for hydroxylation is 8. The SMILES string of the molecule is Cc1ccc(N(c2ccc(C)cc2)c2ccc(CCc3ccc(CCc4ccc(N(c5ccc(C)cc5)c5ccc(C)cc5)cc4)cc3)cc2)cc1.c1ccc2cc(-c3c4ccccc4c(-c4ccc5ccccc5c4)c4ccccc34)ccc2c1. The fourth-order valence-corrected chi connectivity index (χ4v) is 12.2. The van der Waals surface area contributed by atoms with Crippen LogP contribution in [0.1, 0.15) is 44.5 Å². The number of benzene rings is 14. The molecule has 0 aliphatic carbocycles. The molecule has 14 aromatic rings. The molecule has 0 aliphatic rings. The maximum absolute atomic E-state index is 2.33. The Hall–Kier alpha value is -10.3. The molecule has 86 heavy (non-hydrogen) atoms. The molecule has 0 bridgehead atoms. The molecule has 0 atom stereocenters. The molecule has 14 rings (SSSR count). The Morgan fingerprint density at radius 2 is 0.430 bits per heavy atom. The van der Waals surface area contributed by atoms with Crippen LogP contribution in [0.2, 0.25) is 0 Å². The molecule has 0 unspecified atom stereocenters. The quantitative estimate of drug-likeness (QED) is 0.100. The number of rotatable bonds is 14. The molecule has 0 N–H and O–H groups in total. The predicted molar refractivity (Wildman–Crippen MR) is 370 cm³/mol. The maximum Gasteiger partial charge on any atom is 0.0461 e. The minimum Gasteiger partial charge on any atom is -0.311 e. The van der Waals surface area contributed by atoms with Gasteiger partial charge in [-0.05, 0) is 226 Å². The van der Waals surface area contributed by atoms with Gasteiger partial charge in [0.05, 0.1) is 0 Å². The molecule has 0 saturated heterocycles. The molecule has 0 radical (unpaired) electrons. The number of anilines is 6. The molecule has 0 amide bonds. The van der Waals surface area contributed by atoms with E-state index >= 15 is 0 Å². The van der Waals surface area contributed by atoms with E-state index in [0.29, 0.717) is 0 Å². The predicted octanol–water partition coefficient (Wildman–Crippen LogP) is 23.1. The first-order chi connectivity index (χ1) is 42.2. The monoisotopic (exact) mass is 1110 g/mol. The van der Waals surface area contributed by atoms with E-state index in [1.807, 2.05) is 0 Å². The molecule has 0 aliphatic heterocycles. The zero-order chi connectivity index (χ0) is 58.3. The van der Waals surface area contributed by atoms with Crippen LogP contribution in [0.3, 0.4) is 0 Å². The van der Waals surface area contributed by atoms with Gasteiger partial charge in [-0.1, -0.05) is 241 Å². The summed E-state index contributed by atoms with van der Waals surface area (Å²) in [6, 6.07) is 111. The molecule has 0 saturated carbocycles. The molecule has 2 heteroatoms. The van der Waals surface area contributed by atoms with Crippen LogP contribution in [-0.2, 0) is 25.7 Å². The van der Waals surface area contributed by atoms with Crippen LogP contribution in [0.15, 0.2) is 303 Å². The Balaban J connectivity index is 0.000000173. The number of fused-ring (bicyclic) bond motifs is 4. The van der Waals surface area contributed by atoms with Crippen LogP contribution < -0.4 is 9.80 Å². The zero-order valence-electron chi connectivity index (χ0n) is 49.6. The van der Waals surface area contributed by atoms with Gasteiger partial charge in [-0.2, -0.15) is 0 Å². The lowest BCUT2D eigenvalue weighted by molar-refractivity contribution is 0.940. The van der Waals surface area contributed by atoms with Crippen LogP contribution in [-0.4, -0.2) is 0 Å². The van der Waals surface area contributed by atoms with Crippen molar-refractivity contribution >= 4 is 77.2 Å². The van der Waals surface area contributed by atoms with Crippen molar-refractivity contribution in [2.24, 2.45) is 0 Å². The molecule has 2 nitrogen and oxygen atoms in total. The topological polar surface area (TPSA) is 6.48 Å². The highest BCUT2D eigenvalue weighted by Crippen LogP contribution is 2.45. The fourth-order valence-electron chi connectivity index (χ4n) is 12.2. The largest absolute Gasteiger partial charge is 0.311 e. The maximum atomic E-state index is 2.33.